The Kier molecular flexibility index (Phi) is 3.30. The predicted molar refractivity (Wildman–Crippen MR) is 86.0 cm³/mol. The van der Waals surface area contributed by atoms with Gasteiger partial charge in [0.25, 0.3) is 0 Å². The molecule has 1 aliphatic carbocycles. The van der Waals surface area contributed by atoms with Gasteiger partial charge in [0, 0.05) is 17.6 Å². The lowest BCUT2D eigenvalue weighted by molar-refractivity contribution is 0.662. The molecular formula is C19H20N2. The molecule has 1 aliphatic heterocycles. The van der Waals surface area contributed by atoms with Crippen molar-refractivity contribution in [2.45, 2.75) is 45.1 Å². The van der Waals surface area contributed by atoms with E-state index in [9.17, 15) is 0 Å². The van der Waals surface area contributed by atoms with Gasteiger partial charge in [-0.05, 0) is 72.9 Å². The maximum absolute atomic E-state index is 4.87. The van der Waals surface area contributed by atoms with Gasteiger partial charge in [0.1, 0.15) is 0 Å². The molecule has 2 heteroatoms. The third kappa shape index (κ3) is 2.63. The fraction of sp³-hybridized carbons (Fsp3) is 0.368. The van der Waals surface area contributed by atoms with E-state index >= 15 is 0 Å². The summed E-state index contributed by atoms with van der Waals surface area (Å²) in [4.78, 5) is 9.20. The number of pyridine rings is 1. The van der Waals surface area contributed by atoms with Crippen molar-refractivity contribution in [1.29, 1.82) is 0 Å². The minimum absolute atomic E-state index is 0.849. The van der Waals surface area contributed by atoms with Crippen LogP contribution in [0.1, 0.15) is 46.5 Å². The highest BCUT2D eigenvalue weighted by Crippen LogP contribution is 2.21. The first-order valence-electron chi connectivity index (χ1n) is 7.98. The molecule has 0 radical (unpaired) electrons. The van der Waals surface area contributed by atoms with Crippen LogP contribution in [0, 0.1) is 0 Å². The Morgan fingerprint density at radius 3 is 2.81 bits per heavy atom. The minimum atomic E-state index is 0.849. The normalized spacial score (nSPS) is 15.8. The van der Waals surface area contributed by atoms with Gasteiger partial charge in [-0.25, -0.2) is 0 Å². The van der Waals surface area contributed by atoms with Gasteiger partial charge in [-0.2, -0.15) is 0 Å². The fourth-order valence-electron chi connectivity index (χ4n) is 3.35. The molecule has 4 rings (SSSR count). The molecule has 0 bridgehead atoms. The smallest absolute Gasteiger partial charge is 0.0646 e. The minimum Gasteiger partial charge on any atom is -0.288 e. The van der Waals surface area contributed by atoms with Crippen molar-refractivity contribution >= 4 is 6.21 Å². The molecule has 2 heterocycles. The predicted octanol–water partition coefficient (Wildman–Crippen LogP) is 3.68. The van der Waals surface area contributed by atoms with Crippen LogP contribution >= 0.6 is 0 Å². The van der Waals surface area contributed by atoms with Gasteiger partial charge in [-0.1, -0.05) is 18.2 Å². The summed E-state index contributed by atoms with van der Waals surface area (Å²) in [6.07, 6.45) is 9.09. The lowest BCUT2D eigenvalue weighted by Gasteiger charge is -2.15. The molecule has 0 atom stereocenters. The van der Waals surface area contributed by atoms with Crippen LogP contribution in [0.3, 0.4) is 0 Å². The Hall–Kier alpha value is -1.96. The summed E-state index contributed by atoms with van der Waals surface area (Å²) in [7, 11) is 0. The molecule has 0 fully saturated rings. The Labute approximate surface area is 126 Å². The third-order valence-corrected chi connectivity index (χ3v) is 4.61. The Morgan fingerprint density at radius 1 is 0.905 bits per heavy atom. The lowest BCUT2D eigenvalue weighted by Crippen LogP contribution is -2.07. The molecule has 0 saturated carbocycles. The Bertz CT molecular complexity index is 701. The maximum Gasteiger partial charge on any atom is 0.0646 e. The number of aromatic nitrogens is 1. The van der Waals surface area contributed by atoms with E-state index in [2.05, 4.69) is 35.3 Å². The molecule has 0 amide bonds. The number of aliphatic imine (C=N–C) groups is 1. The van der Waals surface area contributed by atoms with E-state index in [1.807, 2.05) is 6.21 Å². The van der Waals surface area contributed by atoms with Crippen LogP contribution in [0.2, 0.25) is 0 Å². The zero-order chi connectivity index (χ0) is 14.1. The van der Waals surface area contributed by atoms with Gasteiger partial charge < -0.3 is 0 Å². The molecule has 0 saturated heterocycles. The number of aryl methyl sites for hydroxylation is 4. The summed E-state index contributed by atoms with van der Waals surface area (Å²) in [5.74, 6) is 0. The highest BCUT2D eigenvalue weighted by atomic mass is 14.7. The largest absolute Gasteiger partial charge is 0.288 e. The first-order chi connectivity index (χ1) is 10.4. The highest BCUT2D eigenvalue weighted by Gasteiger charge is 2.11. The van der Waals surface area contributed by atoms with Gasteiger partial charge in [0.2, 0.25) is 0 Å². The molecule has 2 aromatic rings. The zero-order valence-electron chi connectivity index (χ0n) is 12.3. The van der Waals surface area contributed by atoms with Crippen LogP contribution in [0.25, 0.3) is 0 Å². The second kappa shape index (κ2) is 5.44. The van der Waals surface area contributed by atoms with Crippen molar-refractivity contribution in [2.75, 3.05) is 0 Å². The number of rotatable bonds is 3. The van der Waals surface area contributed by atoms with E-state index in [1.165, 1.54) is 59.3 Å². The second-order valence-electron chi connectivity index (χ2n) is 6.12. The summed E-state index contributed by atoms with van der Waals surface area (Å²) in [6, 6.07) is 11.3. The van der Waals surface area contributed by atoms with Crippen molar-refractivity contribution in [3.05, 3.63) is 64.0 Å². The summed E-state index contributed by atoms with van der Waals surface area (Å²) >= 11 is 0. The standard InChI is InChI=1S/C19H20N2/c1-2-4-19-15(3-1)8-10-18(21-19)9-6-14-5-7-16-12-20-13-17(16)11-14/h5,7-8,10-11,13H,1-4,6,9,12H2. The van der Waals surface area contributed by atoms with Gasteiger partial charge in [0.15, 0.2) is 0 Å². The number of hydrogen-bond acceptors (Lipinski definition) is 2. The quantitative estimate of drug-likeness (QED) is 0.839. The number of fused-ring (bicyclic) bond motifs is 2. The maximum atomic E-state index is 4.87. The van der Waals surface area contributed by atoms with E-state index in [4.69, 9.17) is 4.98 Å². The SMILES string of the molecule is C1=NCc2ccc(CCc3ccc4c(n3)CCCC4)cc21. The van der Waals surface area contributed by atoms with Crippen LogP contribution in [-0.4, -0.2) is 11.2 Å². The van der Waals surface area contributed by atoms with Crippen LogP contribution in [0.15, 0.2) is 35.3 Å². The summed E-state index contributed by atoms with van der Waals surface area (Å²) in [5.41, 5.74) is 8.10. The van der Waals surface area contributed by atoms with Crippen molar-refractivity contribution in [1.82, 2.24) is 4.98 Å². The van der Waals surface area contributed by atoms with Gasteiger partial charge in [-0.3, -0.25) is 9.98 Å². The van der Waals surface area contributed by atoms with E-state index in [0.29, 0.717) is 0 Å². The van der Waals surface area contributed by atoms with Crippen LogP contribution in [-0.2, 0) is 32.2 Å². The molecule has 2 nitrogen and oxygen atoms in total. The van der Waals surface area contributed by atoms with Crippen LogP contribution in [0.5, 0.6) is 0 Å². The fourth-order valence-corrected chi connectivity index (χ4v) is 3.35. The molecule has 0 unspecified atom stereocenters. The average molecular weight is 276 g/mol. The molecule has 1 aromatic heterocycles. The number of benzene rings is 1. The van der Waals surface area contributed by atoms with Crippen molar-refractivity contribution in [2.24, 2.45) is 4.99 Å². The number of hydrogen-bond donors (Lipinski definition) is 0. The van der Waals surface area contributed by atoms with Crippen molar-refractivity contribution in [3.8, 4) is 0 Å². The first kappa shape index (κ1) is 12.8. The van der Waals surface area contributed by atoms with Crippen LogP contribution in [0.4, 0.5) is 0 Å². The highest BCUT2D eigenvalue weighted by molar-refractivity contribution is 5.84. The van der Waals surface area contributed by atoms with Gasteiger partial charge in [-0.15, -0.1) is 0 Å². The molecule has 0 N–H and O–H groups in total. The topological polar surface area (TPSA) is 25.2 Å². The second-order valence-corrected chi connectivity index (χ2v) is 6.12. The van der Waals surface area contributed by atoms with Crippen molar-refractivity contribution < 1.29 is 0 Å². The van der Waals surface area contributed by atoms with E-state index in [1.54, 1.807) is 0 Å². The summed E-state index contributed by atoms with van der Waals surface area (Å²) < 4.78 is 0. The average Bonchev–Trinajstić information content (AvgIpc) is 3.00. The molecule has 1 aromatic carbocycles. The summed E-state index contributed by atoms with van der Waals surface area (Å²) in [6.45, 7) is 0.849. The molecule has 106 valence electrons. The molecule has 21 heavy (non-hydrogen) atoms. The van der Waals surface area contributed by atoms with E-state index in [0.717, 1.165) is 19.4 Å². The van der Waals surface area contributed by atoms with E-state index < -0.39 is 0 Å². The van der Waals surface area contributed by atoms with Crippen molar-refractivity contribution in [3.63, 3.8) is 0 Å². The number of nitrogens with zero attached hydrogens (tertiary/aromatic N) is 2. The molecule has 0 spiro atoms. The Morgan fingerprint density at radius 2 is 1.81 bits per heavy atom. The Balaban J connectivity index is 1.48. The lowest BCUT2D eigenvalue weighted by atomic mass is 9.95. The molecular weight excluding hydrogens is 256 g/mol. The monoisotopic (exact) mass is 276 g/mol. The van der Waals surface area contributed by atoms with Gasteiger partial charge >= 0.3 is 0 Å². The first-order valence-corrected chi connectivity index (χ1v) is 7.98. The van der Waals surface area contributed by atoms with Gasteiger partial charge in [0.05, 0.1) is 6.54 Å². The van der Waals surface area contributed by atoms with E-state index in [-0.39, 0.29) is 0 Å². The van der Waals surface area contributed by atoms with Crippen LogP contribution < -0.4 is 0 Å². The zero-order valence-corrected chi connectivity index (χ0v) is 12.3. The summed E-state index contributed by atoms with van der Waals surface area (Å²) in [5, 5.41) is 0. The third-order valence-electron chi connectivity index (χ3n) is 4.61. The molecule has 2 aliphatic rings.